The zero-order valence-corrected chi connectivity index (χ0v) is 18.0. The zero-order valence-electron chi connectivity index (χ0n) is 17.2. The number of benzene rings is 3. The quantitative estimate of drug-likeness (QED) is 0.439. The molecule has 160 valence electrons. The molecular weight excluding hydrogens is 412 g/mol. The summed E-state index contributed by atoms with van der Waals surface area (Å²) in [5, 5.41) is 3.04. The SMILES string of the molecule is Cc1ccc(S(=O)(=O)OCCCC2NC(=O)c3ccccc3N2c2ccccc2)cc1. The second kappa shape index (κ2) is 8.91. The minimum Gasteiger partial charge on any atom is -0.331 e. The number of hydrogen-bond donors (Lipinski definition) is 1. The Balaban J connectivity index is 1.47. The number of hydrogen-bond acceptors (Lipinski definition) is 5. The van der Waals surface area contributed by atoms with Crippen molar-refractivity contribution in [1.29, 1.82) is 0 Å². The molecule has 1 amide bonds. The van der Waals surface area contributed by atoms with Gasteiger partial charge in [-0.25, -0.2) is 0 Å². The Morgan fingerprint density at radius 3 is 2.35 bits per heavy atom. The molecule has 0 fully saturated rings. The molecule has 0 spiro atoms. The van der Waals surface area contributed by atoms with E-state index in [1.807, 2.05) is 55.5 Å². The van der Waals surface area contributed by atoms with Crippen molar-refractivity contribution in [3.63, 3.8) is 0 Å². The number of carbonyl (C=O) groups is 1. The van der Waals surface area contributed by atoms with E-state index in [0.29, 0.717) is 18.4 Å². The van der Waals surface area contributed by atoms with Crippen LogP contribution >= 0.6 is 0 Å². The summed E-state index contributed by atoms with van der Waals surface area (Å²) in [5.41, 5.74) is 3.37. The van der Waals surface area contributed by atoms with Crippen molar-refractivity contribution in [2.75, 3.05) is 11.5 Å². The number of carbonyl (C=O) groups excluding carboxylic acids is 1. The summed E-state index contributed by atoms with van der Waals surface area (Å²) in [6, 6.07) is 23.8. The summed E-state index contributed by atoms with van der Waals surface area (Å²) in [7, 11) is -3.81. The van der Waals surface area contributed by atoms with Crippen LogP contribution in [0, 0.1) is 6.92 Å². The Bertz CT molecular complexity index is 1160. The van der Waals surface area contributed by atoms with E-state index in [1.165, 1.54) is 0 Å². The largest absolute Gasteiger partial charge is 0.331 e. The van der Waals surface area contributed by atoms with Gasteiger partial charge < -0.3 is 10.2 Å². The molecule has 0 aliphatic carbocycles. The summed E-state index contributed by atoms with van der Waals surface area (Å²) in [6.07, 6.45) is 0.676. The van der Waals surface area contributed by atoms with Crippen molar-refractivity contribution < 1.29 is 17.4 Å². The molecule has 4 rings (SSSR count). The predicted molar refractivity (Wildman–Crippen MR) is 120 cm³/mol. The Morgan fingerprint density at radius 1 is 0.935 bits per heavy atom. The first kappa shape index (κ1) is 21.1. The molecule has 7 heteroatoms. The van der Waals surface area contributed by atoms with Gasteiger partial charge in [-0.2, -0.15) is 8.42 Å². The van der Waals surface area contributed by atoms with Crippen LogP contribution in [-0.2, 0) is 14.3 Å². The van der Waals surface area contributed by atoms with Crippen LogP contribution in [0.5, 0.6) is 0 Å². The van der Waals surface area contributed by atoms with E-state index in [1.54, 1.807) is 30.3 Å². The maximum absolute atomic E-state index is 12.6. The summed E-state index contributed by atoms with van der Waals surface area (Å²) in [6.45, 7) is 1.93. The van der Waals surface area contributed by atoms with Crippen LogP contribution in [0.2, 0.25) is 0 Å². The van der Waals surface area contributed by atoms with Gasteiger partial charge in [-0.05, 0) is 56.2 Å². The minimum absolute atomic E-state index is 0.0346. The molecule has 31 heavy (non-hydrogen) atoms. The highest BCUT2D eigenvalue weighted by atomic mass is 32.2. The van der Waals surface area contributed by atoms with E-state index in [2.05, 4.69) is 10.2 Å². The van der Waals surface area contributed by atoms with E-state index >= 15 is 0 Å². The number of aryl methyl sites for hydroxylation is 1. The first-order valence-corrected chi connectivity index (χ1v) is 11.6. The second-order valence-corrected chi connectivity index (χ2v) is 9.06. The van der Waals surface area contributed by atoms with Crippen molar-refractivity contribution in [3.8, 4) is 0 Å². The highest BCUT2D eigenvalue weighted by Gasteiger charge is 2.31. The Kier molecular flexibility index (Phi) is 6.06. The molecule has 1 N–H and O–H groups in total. The molecule has 3 aromatic carbocycles. The van der Waals surface area contributed by atoms with Gasteiger partial charge in [0.05, 0.1) is 22.8 Å². The Morgan fingerprint density at radius 2 is 1.61 bits per heavy atom. The maximum Gasteiger partial charge on any atom is 0.296 e. The van der Waals surface area contributed by atoms with Crippen molar-refractivity contribution in [1.82, 2.24) is 5.32 Å². The van der Waals surface area contributed by atoms with Crippen LogP contribution < -0.4 is 10.2 Å². The van der Waals surface area contributed by atoms with Gasteiger partial charge >= 0.3 is 0 Å². The Hall–Kier alpha value is -3.16. The standard InChI is InChI=1S/C24H24N2O4S/c1-18-13-15-20(16-14-18)31(28,29)30-17-7-12-23-25-24(27)21-10-5-6-11-22(21)26(23)19-8-3-2-4-9-19/h2-6,8-11,13-16,23H,7,12,17H2,1H3,(H,25,27). The zero-order chi connectivity index (χ0) is 21.8. The van der Waals surface area contributed by atoms with Crippen LogP contribution in [-0.4, -0.2) is 27.1 Å². The van der Waals surface area contributed by atoms with Crippen LogP contribution in [0.15, 0.2) is 83.8 Å². The van der Waals surface area contributed by atoms with Crippen LogP contribution in [0.25, 0.3) is 0 Å². The van der Waals surface area contributed by atoms with Crippen molar-refractivity contribution in [3.05, 3.63) is 90.0 Å². The van der Waals surface area contributed by atoms with E-state index < -0.39 is 10.1 Å². The fourth-order valence-electron chi connectivity index (χ4n) is 3.66. The first-order chi connectivity index (χ1) is 15.0. The third kappa shape index (κ3) is 4.62. The fraction of sp³-hybridized carbons (Fsp3) is 0.208. The molecule has 1 aliphatic heterocycles. The van der Waals surface area contributed by atoms with Gasteiger partial charge in [-0.15, -0.1) is 0 Å². The molecule has 0 saturated carbocycles. The third-order valence-corrected chi connectivity index (χ3v) is 6.55. The van der Waals surface area contributed by atoms with Crippen molar-refractivity contribution >= 4 is 27.4 Å². The summed E-state index contributed by atoms with van der Waals surface area (Å²) in [5.74, 6) is -0.138. The van der Waals surface area contributed by atoms with Crippen molar-refractivity contribution in [2.45, 2.75) is 30.8 Å². The highest BCUT2D eigenvalue weighted by Crippen LogP contribution is 2.34. The van der Waals surface area contributed by atoms with E-state index in [4.69, 9.17) is 4.18 Å². The monoisotopic (exact) mass is 436 g/mol. The molecule has 1 atom stereocenters. The average molecular weight is 437 g/mol. The number of nitrogens with one attached hydrogen (secondary N) is 1. The highest BCUT2D eigenvalue weighted by molar-refractivity contribution is 7.86. The lowest BCUT2D eigenvalue weighted by Gasteiger charge is -2.39. The molecule has 3 aromatic rings. The first-order valence-electron chi connectivity index (χ1n) is 10.2. The number of amides is 1. The average Bonchev–Trinajstić information content (AvgIpc) is 2.78. The number of nitrogens with zero attached hydrogens (tertiary/aromatic N) is 1. The van der Waals surface area contributed by atoms with Gasteiger partial charge in [-0.3, -0.25) is 8.98 Å². The molecule has 0 aromatic heterocycles. The molecule has 0 radical (unpaired) electrons. The van der Waals surface area contributed by atoms with E-state index in [-0.39, 0.29) is 23.6 Å². The van der Waals surface area contributed by atoms with Gasteiger partial charge in [-0.1, -0.05) is 48.0 Å². The molecule has 1 aliphatic rings. The number of fused-ring (bicyclic) bond motifs is 1. The molecule has 1 heterocycles. The Labute approximate surface area is 182 Å². The van der Waals surface area contributed by atoms with E-state index in [0.717, 1.165) is 16.9 Å². The van der Waals surface area contributed by atoms with E-state index in [9.17, 15) is 13.2 Å². The maximum atomic E-state index is 12.6. The molecule has 1 unspecified atom stereocenters. The van der Waals surface area contributed by atoms with Gasteiger partial charge in [0, 0.05) is 5.69 Å². The number of rotatable bonds is 7. The van der Waals surface area contributed by atoms with Gasteiger partial charge in [0.1, 0.15) is 6.17 Å². The second-order valence-electron chi connectivity index (χ2n) is 7.44. The summed E-state index contributed by atoms with van der Waals surface area (Å²) < 4.78 is 30.0. The van der Waals surface area contributed by atoms with Crippen molar-refractivity contribution in [2.24, 2.45) is 0 Å². The lowest BCUT2D eigenvalue weighted by atomic mass is 10.0. The summed E-state index contributed by atoms with van der Waals surface area (Å²) in [4.78, 5) is 14.8. The normalized spacial score (nSPS) is 16.0. The fourth-order valence-corrected chi connectivity index (χ4v) is 4.61. The smallest absolute Gasteiger partial charge is 0.296 e. The summed E-state index contributed by atoms with van der Waals surface area (Å²) >= 11 is 0. The number of para-hydroxylation sites is 2. The molecule has 6 nitrogen and oxygen atoms in total. The van der Waals surface area contributed by atoms with Gasteiger partial charge in [0.25, 0.3) is 16.0 Å². The molecule has 0 bridgehead atoms. The number of anilines is 2. The van der Waals surface area contributed by atoms with Gasteiger partial charge in [0.15, 0.2) is 0 Å². The van der Waals surface area contributed by atoms with Gasteiger partial charge in [0.2, 0.25) is 0 Å². The van der Waals surface area contributed by atoms with Crippen LogP contribution in [0.3, 0.4) is 0 Å². The predicted octanol–water partition coefficient (Wildman–Crippen LogP) is 4.39. The van der Waals surface area contributed by atoms with Crippen LogP contribution in [0.1, 0.15) is 28.8 Å². The lowest BCUT2D eigenvalue weighted by molar-refractivity contribution is 0.0926. The topological polar surface area (TPSA) is 75.7 Å². The molecular formula is C24H24N2O4S. The third-order valence-electron chi connectivity index (χ3n) is 5.22. The molecule has 0 saturated heterocycles. The van der Waals surface area contributed by atoms with Crippen LogP contribution in [0.4, 0.5) is 11.4 Å². The minimum atomic E-state index is -3.81. The lowest BCUT2D eigenvalue weighted by Crippen LogP contribution is -2.50.